The summed E-state index contributed by atoms with van der Waals surface area (Å²) in [5, 5.41) is 11.9. The Bertz CT molecular complexity index is 725. The zero-order valence-corrected chi connectivity index (χ0v) is 18.9. The van der Waals surface area contributed by atoms with Crippen molar-refractivity contribution in [1.29, 1.82) is 0 Å². The highest BCUT2D eigenvalue weighted by atomic mass is 32.2. The van der Waals surface area contributed by atoms with Gasteiger partial charge in [0, 0.05) is 34.3 Å². The van der Waals surface area contributed by atoms with Crippen LogP contribution in [0.3, 0.4) is 0 Å². The average molecular weight is 401 g/mol. The van der Waals surface area contributed by atoms with Crippen molar-refractivity contribution in [2.24, 2.45) is 23.7 Å². The maximum absolute atomic E-state index is 11.7. The molecular formula is C23H32O2SSi. The SMILES string of the molecule is CC(C)(C)[Si](C)(C)OC1C2C=CC1C1C=CC2C1(O)CSc1ccccc1. The predicted molar refractivity (Wildman–Crippen MR) is 116 cm³/mol. The van der Waals surface area contributed by atoms with Crippen molar-refractivity contribution in [2.45, 2.75) is 55.5 Å². The summed E-state index contributed by atoms with van der Waals surface area (Å²) in [5.74, 6) is 1.63. The van der Waals surface area contributed by atoms with Crippen LogP contribution in [-0.4, -0.2) is 30.9 Å². The summed E-state index contributed by atoms with van der Waals surface area (Å²) < 4.78 is 6.89. The van der Waals surface area contributed by atoms with Crippen molar-refractivity contribution < 1.29 is 9.53 Å². The van der Waals surface area contributed by atoms with Crippen LogP contribution in [0.25, 0.3) is 0 Å². The van der Waals surface area contributed by atoms with Gasteiger partial charge in [0.1, 0.15) is 0 Å². The molecule has 3 aliphatic rings. The van der Waals surface area contributed by atoms with Gasteiger partial charge in [0.2, 0.25) is 0 Å². The third kappa shape index (κ3) is 3.19. The molecule has 0 spiro atoms. The minimum absolute atomic E-state index is 0.156. The molecule has 4 heteroatoms. The van der Waals surface area contributed by atoms with Crippen LogP contribution in [0.4, 0.5) is 0 Å². The Labute approximate surface area is 169 Å². The van der Waals surface area contributed by atoms with E-state index in [0.29, 0.717) is 11.8 Å². The number of aliphatic hydroxyl groups is 1. The standard InChI is InChI=1S/C23H32O2SSi/c1-22(2,3)27(4,5)25-21-17-11-12-18(21)20-14-13-19(17)23(20,24)15-26-16-9-7-6-8-10-16/h6-14,17-21,24H,15H2,1-5H3. The van der Waals surface area contributed by atoms with Crippen LogP contribution in [0, 0.1) is 23.7 Å². The van der Waals surface area contributed by atoms with Gasteiger partial charge in [0.25, 0.3) is 0 Å². The van der Waals surface area contributed by atoms with Gasteiger partial charge in [0.15, 0.2) is 8.32 Å². The first-order chi connectivity index (χ1) is 12.6. The minimum atomic E-state index is -1.84. The van der Waals surface area contributed by atoms with Crippen molar-refractivity contribution in [3.63, 3.8) is 0 Å². The number of rotatable bonds is 5. The fraction of sp³-hybridized carbons (Fsp3) is 0.565. The Balaban J connectivity index is 1.53. The molecule has 0 radical (unpaired) electrons. The summed E-state index contributed by atoms with van der Waals surface area (Å²) in [6.07, 6.45) is 9.42. The number of hydrogen-bond acceptors (Lipinski definition) is 3. The molecule has 4 rings (SSSR count). The molecular weight excluding hydrogens is 368 g/mol. The van der Waals surface area contributed by atoms with E-state index in [-0.39, 0.29) is 23.0 Å². The molecule has 0 aromatic heterocycles. The van der Waals surface area contributed by atoms with Crippen molar-refractivity contribution >= 4 is 20.1 Å². The van der Waals surface area contributed by atoms with E-state index in [4.69, 9.17) is 4.43 Å². The molecule has 2 nitrogen and oxygen atoms in total. The van der Waals surface area contributed by atoms with Gasteiger partial charge in [-0.3, -0.25) is 0 Å². The molecule has 27 heavy (non-hydrogen) atoms. The smallest absolute Gasteiger partial charge is 0.192 e. The fourth-order valence-corrected chi connectivity index (χ4v) is 7.16. The molecule has 0 aliphatic heterocycles. The maximum Gasteiger partial charge on any atom is 0.192 e. The molecule has 4 unspecified atom stereocenters. The number of thioether (sulfide) groups is 1. The summed E-state index contributed by atoms with van der Waals surface area (Å²) in [6.45, 7) is 11.6. The number of benzene rings is 1. The van der Waals surface area contributed by atoms with Crippen LogP contribution in [0.5, 0.6) is 0 Å². The second kappa shape index (κ2) is 6.62. The molecule has 1 aromatic rings. The lowest BCUT2D eigenvalue weighted by Crippen LogP contribution is -2.58. The molecule has 1 N–H and O–H groups in total. The fourth-order valence-electron chi connectivity index (χ4n) is 4.68. The Kier molecular flexibility index (Phi) is 4.78. The van der Waals surface area contributed by atoms with E-state index in [0.717, 1.165) is 5.75 Å². The van der Waals surface area contributed by atoms with Gasteiger partial charge in [-0.1, -0.05) is 63.3 Å². The first-order valence-corrected chi connectivity index (χ1v) is 14.0. The third-order valence-corrected chi connectivity index (χ3v) is 13.0. The van der Waals surface area contributed by atoms with E-state index in [2.05, 4.69) is 82.4 Å². The van der Waals surface area contributed by atoms with Crippen molar-refractivity contribution in [2.75, 3.05) is 5.75 Å². The zero-order valence-electron chi connectivity index (χ0n) is 17.1. The lowest BCUT2D eigenvalue weighted by molar-refractivity contribution is -0.0969. The van der Waals surface area contributed by atoms with Gasteiger partial charge in [-0.25, -0.2) is 0 Å². The minimum Gasteiger partial charge on any atom is -0.413 e. The Morgan fingerprint density at radius 1 is 1.00 bits per heavy atom. The van der Waals surface area contributed by atoms with Gasteiger partial charge < -0.3 is 9.53 Å². The molecule has 3 aliphatic carbocycles. The quantitative estimate of drug-likeness (QED) is 0.401. The molecule has 146 valence electrons. The van der Waals surface area contributed by atoms with Crippen LogP contribution < -0.4 is 0 Å². The highest BCUT2D eigenvalue weighted by Gasteiger charge is 2.61. The molecule has 0 saturated heterocycles. The molecule has 4 bridgehead atoms. The van der Waals surface area contributed by atoms with E-state index < -0.39 is 13.9 Å². The average Bonchev–Trinajstić information content (AvgIpc) is 3.02. The molecule has 4 atom stereocenters. The Hall–Kier alpha value is -0.813. The van der Waals surface area contributed by atoms with Crippen LogP contribution in [0.2, 0.25) is 18.1 Å². The Morgan fingerprint density at radius 3 is 2.07 bits per heavy atom. The van der Waals surface area contributed by atoms with Gasteiger partial charge in [0.05, 0.1) is 11.7 Å². The molecule has 0 amide bonds. The lowest BCUT2D eigenvalue weighted by atomic mass is 9.66. The van der Waals surface area contributed by atoms with Crippen LogP contribution in [-0.2, 0) is 4.43 Å². The second-order valence-electron chi connectivity index (χ2n) is 9.91. The first-order valence-electron chi connectivity index (χ1n) is 10.1. The van der Waals surface area contributed by atoms with Crippen molar-refractivity contribution in [3.8, 4) is 0 Å². The van der Waals surface area contributed by atoms with Gasteiger partial charge in [-0.05, 0) is 30.3 Å². The topological polar surface area (TPSA) is 29.5 Å². The summed E-state index contributed by atoms with van der Waals surface area (Å²) in [6, 6.07) is 10.4. The van der Waals surface area contributed by atoms with Crippen LogP contribution in [0.15, 0.2) is 59.5 Å². The number of hydrogen-bond donors (Lipinski definition) is 1. The summed E-state index contributed by atoms with van der Waals surface area (Å²) in [7, 11) is -1.84. The van der Waals surface area contributed by atoms with E-state index in [1.165, 1.54) is 4.90 Å². The lowest BCUT2D eigenvalue weighted by Gasteiger charge is -2.50. The van der Waals surface area contributed by atoms with Crippen LogP contribution >= 0.6 is 11.8 Å². The summed E-state index contributed by atoms with van der Waals surface area (Å²) in [4.78, 5) is 1.23. The highest BCUT2D eigenvalue weighted by molar-refractivity contribution is 7.99. The second-order valence-corrected chi connectivity index (χ2v) is 15.7. The third-order valence-electron chi connectivity index (χ3n) is 7.27. The van der Waals surface area contributed by atoms with Gasteiger partial charge >= 0.3 is 0 Å². The Morgan fingerprint density at radius 2 is 1.56 bits per heavy atom. The van der Waals surface area contributed by atoms with E-state index in [1.807, 2.05) is 6.07 Å². The molecule has 1 fully saturated rings. The first kappa shape index (κ1) is 19.5. The van der Waals surface area contributed by atoms with Gasteiger partial charge in [-0.15, -0.1) is 11.8 Å². The monoisotopic (exact) mass is 400 g/mol. The van der Waals surface area contributed by atoms with E-state index in [1.54, 1.807) is 11.8 Å². The van der Waals surface area contributed by atoms with Gasteiger partial charge in [-0.2, -0.15) is 0 Å². The predicted octanol–water partition coefficient (Wildman–Crippen LogP) is 5.52. The van der Waals surface area contributed by atoms with Crippen molar-refractivity contribution in [3.05, 3.63) is 54.6 Å². The van der Waals surface area contributed by atoms with E-state index >= 15 is 0 Å². The maximum atomic E-state index is 11.7. The molecule has 1 saturated carbocycles. The normalized spacial score (nSPS) is 37.2. The van der Waals surface area contributed by atoms with E-state index in [9.17, 15) is 5.11 Å². The molecule has 0 heterocycles. The summed E-state index contributed by atoms with van der Waals surface area (Å²) in [5.41, 5.74) is -0.674. The molecule has 1 aromatic carbocycles. The van der Waals surface area contributed by atoms with Crippen LogP contribution in [0.1, 0.15) is 20.8 Å². The van der Waals surface area contributed by atoms with Crippen molar-refractivity contribution in [1.82, 2.24) is 0 Å². The highest BCUT2D eigenvalue weighted by Crippen LogP contribution is 2.58. The zero-order chi connectivity index (χ0) is 19.4. The summed E-state index contributed by atoms with van der Waals surface area (Å²) >= 11 is 1.77. The number of fused-ring (bicyclic) bond motifs is 6. The largest absolute Gasteiger partial charge is 0.413 e.